The molecule has 0 aliphatic heterocycles. The van der Waals surface area contributed by atoms with Crippen molar-refractivity contribution in [3.8, 4) is 22.6 Å². The summed E-state index contributed by atoms with van der Waals surface area (Å²) in [5.41, 5.74) is 2.96. The molecule has 2 aromatic carbocycles. The van der Waals surface area contributed by atoms with Crippen LogP contribution in [0.25, 0.3) is 11.1 Å². The van der Waals surface area contributed by atoms with Crippen LogP contribution in [0.3, 0.4) is 0 Å². The van der Waals surface area contributed by atoms with Crippen LogP contribution in [-0.2, 0) is 14.3 Å². The molecule has 3 N–H and O–H groups in total. The van der Waals surface area contributed by atoms with Crippen LogP contribution in [0, 0.1) is 11.8 Å². The van der Waals surface area contributed by atoms with Crippen molar-refractivity contribution in [1.82, 2.24) is 0 Å². The van der Waals surface area contributed by atoms with Crippen LogP contribution in [0.15, 0.2) is 54.6 Å². The van der Waals surface area contributed by atoms with Gasteiger partial charge in [0.1, 0.15) is 31.3 Å². The highest BCUT2D eigenvalue weighted by Gasteiger charge is 2.27. The van der Waals surface area contributed by atoms with E-state index in [1.165, 1.54) is 5.56 Å². The second-order valence-corrected chi connectivity index (χ2v) is 11.9. The van der Waals surface area contributed by atoms with Gasteiger partial charge in [0.25, 0.3) is 0 Å². The maximum absolute atomic E-state index is 12.4. The molecular weight excluding hydrogens is 605 g/mol. The van der Waals surface area contributed by atoms with Crippen LogP contribution < -0.4 is 9.47 Å². The number of unbranched alkanes of at least 4 members (excludes halogenated alkanes) is 1. The molecule has 0 spiro atoms. The van der Waals surface area contributed by atoms with Crippen LogP contribution in [0.4, 0.5) is 13.2 Å². The SMILES string of the molecule is C=C(CO)C(=O)OCCOc1cc(OCCOC(O)C(C)CO)cc(-c2ccc(C3CCC(CCCCC(F)(F)F)CC3)cc2)c1. The predicted molar refractivity (Wildman–Crippen MR) is 167 cm³/mol. The molecule has 0 amide bonds. The van der Waals surface area contributed by atoms with Gasteiger partial charge in [0.05, 0.1) is 25.4 Å². The van der Waals surface area contributed by atoms with E-state index in [1.54, 1.807) is 13.0 Å². The van der Waals surface area contributed by atoms with Gasteiger partial charge in [-0.05, 0) is 72.8 Å². The molecule has 1 saturated carbocycles. The van der Waals surface area contributed by atoms with E-state index in [-0.39, 0.29) is 45.0 Å². The number of ether oxygens (including phenoxy) is 4. The van der Waals surface area contributed by atoms with Crippen LogP contribution in [0.5, 0.6) is 11.5 Å². The Kier molecular flexibility index (Phi) is 15.3. The molecule has 0 saturated heterocycles. The van der Waals surface area contributed by atoms with Crippen molar-refractivity contribution in [2.45, 2.75) is 76.7 Å². The summed E-state index contributed by atoms with van der Waals surface area (Å²) in [5.74, 6) is 0.773. The minimum Gasteiger partial charge on any atom is -0.491 e. The molecule has 256 valence electrons. The first-order valence-electron chi connectivity index (χ1n) is 15.9. The summed E-state index contributed by atoms with van der Waals surface area (Å²) >= 11 is 0. The maximum atomic E-state index is 12.4. The summed E-state index contributed by atoms with van der Waals surface area (Å²) < 4.78 is 59.4. The predicted octanol–water partition coefficient (Wildman–Crippen LogP) is 6.56. The summed E-state index contributed by atoms with van der Waals surface area (Å²) in [6.45, 7) is 4.66. The van der Waals surface area contributed by atoms with Crippen LogP contribution in [-0.4, -0.2) is 73.4 Å². The van der Waals surface area contributed by atoms with Gasteiger partial charge in [-0.2, -0.15) is 13.2 Å². The van der Waals surface area contributed by atoms with Gasteiger partial charge in [0.2, 0.25) is 0 Å². The van der Waals surface area contributed by atoms with Crippen molar-refractivity contribution in [3.63, 3.8) is 0 Å². The van der Waals surface area contributed by atoms with Crippen molar-refractivity contribution in [2.75, 3.05) is 39.6 Å². The van der Waals surface area contributed by atoms with Crippen molar-refractivity contribution >= 4 is 5.97 Å². The molecule has 8 nitrogen and oxygen atoms in total. The molecule has 0 bridgehead atoms. The van der Waals surface area contributed by atoms with E-state index in [0.717, 1.165) is 43.2 Å². The number of esters is 1. The Morgan fingerprint density at radius 1 is 0.913 bits per heavy atom. The highest BCUT2D eigenvalue weighted by atomic mass is 19.4. The molecule has 0 radical (unpaired) electrons. The van der Waals surface area contributed by atoms with Crippen LogP contribution in [0.1, 0.15) is 69.8 Å². The molecule has 1 aliphatic rings. The van der Waals surface area contributed by atoms with Gasteiger partial charge in [-0.1, -0.05) is 50.6 Å². The van der Waals surface area contributed by atoms with E-state index in [0.29, 0.717) is 29.8 Å². The Morgan fingerprint density at radius 3 is 2.13 bits per heavy atom. The molecule has 46 heavy (non-hydrogen) atoms. The normalized spacial score (nSPS) is 18.1. The Bertz CT molecular complexity index is 1210. The lowest BCUT2D eigenvalue weighted by Gasteiger charge is -2.29. The number of benzene rings is 2. The zero-order valence-electron chi connectivity index (χ0n) is 26.5. The van der Waals surface area contributed by atoms with Gasteiger partial charge >= 0.3 is 12.1 Å². The first-order valence-corrected chi connectivity index (χ1v) is 15.9. The molecule has 0 aromatic heterocycles. The Balaban J connectivity index is 1.60. The zero-order valence-corrected chi connectivity index (χ0v) is 26.5. The lowest BCUT2D eigenvalue weighted by Crippen LogP contribution is -2.26. The summed E-state index contributed by atoms with van der Waals surface area (Å²) in [7, 11) is 0. The molecule has 2 atom stereocenters. The summed E-state index contributed by atoms with van der Waals surface area (Å²) in [6, 6.07) is 13.7. The van der Waals surface area contributed by atoms with E-state index in [4.69, 9.17) is 29.2 Å². The lowest BCUT2D eigenvalue weighted by molar-refractivity contribution is -0.142. The van der Waals surface area contributed by atoms with Crippen molar-refractivity contribution in [1.29, 1.82) is 0 Å². The minimum absolute atomic E-state index is 0.0441. The lowest BCUT2D eigenvalue weighted by atomic mass is 9.77. The van der Waals surface area contributed by atoms with Gasteiger partial charge in [-0.25, -0.2) is 4.79 Å². The molecular formula is C35H47F3O8. The number of aliphatic hydroxyl groups excluding tert-OH is 3. The average Bonchev–Trinajstić information content (AvgIpc) is 3.06. The second-order valence-electron chi connectivity index (χ2n) is 11.9. The number of aliphatic hydroxyl groups is 3. The standard InChI is InChI=1S/C35H47F3O8/c1-24(22-39)33(41)45-17-15-43-31-19-30(20-32(21-31)44-16-18-46-34(42)25(2)23-40)29-12-10-28(11-13-29)27-8-6-26(7-9-27)5-3-4-14-35(36,37)38/h10-13,19-21,25-27,34,39-40,42H,1,3-9,14-18,22-23H2,2H3. The van der Waals surface area contributed by atoms with Crippen molar-refractivity contribution in [3.05, 3.63) is 60.2 Å². The van der Waals surface area contributed by atoms with Gasteiger partial charge < -0.3 is 34.3 Å². The number of hydrogen-bond acceptors (Lipinski definition) is 8. The van der Waals surface area contributed by atoms with Crippen molar-refractivity contribution in [2.24, 2.45) is 11.8 Å². The summed E-state index contributed by atoms with van der Waals surface area (Å²) in [6.07, 6.45) is -0.0798. The number of rotatable bonds is 19. The molecule has 2 unspecified atom stereocenters. The first kappa shape index (κ1) is 37.3. The molecule has 11 heteroatoms. The van der Waals surface area contributed by atoms with Crippen LogP contribution >= 0.6 is 0 Å². The molecule has 3 rings (SSSR count). The van der Waals surface area contributed by atoms with E-state index >= 15 is 0 Å². The number of carbonyl (C=O) groups is 1. The van der Waals surface area contributed by atoms with Crippen LogP contribution in [0.2, 0.25) is 0 Å². The maximum Gasteiger partial charge on any atom is 0.389 e. The highest BCUT2D eigenvalue weighted by Crippen LogP contribution is 2.39. The van der Waals surface area contributed by atoms with Gasteiger partial charge in [-0.15, -0.1) is 0 Å². The average molecular weight is 653 g/mol. The third-order valence-corrected chi connectivity index (χ3v) is 8.25. The molecule has 0 heterocycles. The quantitative estimate of drug-likeness (QED) is 0.0677. The number of carbonyl (C=O) groups excluding carboxylic acids is 1. The molecule has 2 aromatic rings. The zero-order chi connectivity index (χ0) is 33.5. The summed E-state index contributed by atoms with van der Waals surface area (Å²) in [4.78, 5) is 11.7. The third-order valence-electron chi connectivity index (χ3n) is 8.25. The largest absolute Gasteiger partial charge is 0.491 e. The monoisotopic (exact) mass is 652 g/mol. The highest BCUT2D eigenvalue weighted by molar-refractivity contribution is 5.87. The fourth-order valence-electron chi connectivity index (χ4n) is 5.44. The third kappa shape index (κ3) is 12.9. The minimum atomic E-state index is -4.07. The van der Waals surface area contributed by atoms with E-state index in [1.807, 2.05) is 24.3 Å². The van der Waals surface area contributed by atoms with E-state index in [9.17, 15) is 23.1 Å². The Morgan fingerprint density at radius 2 is 1.54 bits per heavy atom. The Labute approximate surface area is 269 Å². The Hall–Kier alpha value is -3.12. The van der Waals surface area contributed by atoms with Gasteiger partial charge in [0, 0.05) is 18.4 Å². The van der Waals surface area contributed by atoms with E-state index < -0.39 is 37.4 Å². The molecule has 1 fully saturated rings. The fraction of sp³-hybridized carbons (Fsp3) is 0.571. The number of alkyl halides is 3. The smallest absolute Gasteiger partial charge is 0.389 e. The number of hydrogen-bond donors (Lipinski definition) is 3. The summed E-state index contributed by atoms with van der Waals surface area (Å²) in [5, 5.41) is 28.1. The van der Waals surface area contributed by atoms with E-state index in [2.05, 4.69) is 18.7 Å². The topological polar surface area (TPSA) is 115 Å². The van der Waals surface area contributed by atoms with Gasteiger partial charge in [0.15, 0.2) is 6.29 Å². The fourth-order valence-corrected chi connectivity index (χ4v) is 5.44. The second kappa shape index (κ2) is 18.9. The first-order chi connectivity index (χ1) is 22.0. The van der Waals surface area contributed by atoms with Crippen molar-refractivity contribution < 1.29 is 52.2 Å². The molecule has 1 aliphatic carbocycles. The van der Waals surface area contributed by atoms with Gasteiger partial charge in [-0.3, -0.25) is 0 Å². The number of halogens is 3.